The second-order valence-electron chi connectivity index (χ2n) is 4.07. The average Bonchev–Trinajstić information content (AvgIpc) is 2.43. The Balaban J connectivity index is 2.52. The number of nitrogens with one attached hydrogen (secondary N) is 1. The molecule has 0 bridgehead atoms. The number of sulfonamides is 1. The summed E-state index contributed by atoms with van der Waals surface area (Å²) in [4.78, 5) is -0.680. The number of halogens is 2. The van der Waals surface area contributed by atoms with Crippen LogP contribution in [0.3, 0.4) is 0 Å². The monoisotopic (exact) mass is 325 g/mol. The van der Waals surface area contributed by atoms with E-state index in [2.05, 4.69) is 4.72 Å². The first kappa shape index (κ1) is 15.1. The minimum atomic E-state index is -4.26. The second-order valence-corrected chi connectivity index (χ2v) is 6.16. The van der Waals surface area contributed by atoms with Gasteiger partial charge in [0.05, 0.1) is 16.9 Å². The molecule has 0 aromatic heterocycles. The van der Waals surface area contributed by atoms with E-state index in [1.54, 1.807) is 12.1 Å². The Hall–Kier alpha value is -2.30. The molecular weight excluding hydrogens is 317 g/mol. The number of hydrogen-bond donors (Lipinski definition) is 2. The SMILES string of the molecule is N#Cc1ccccc1NS(=O)(=O)c1cc(Cl)cc(N)c1F. The molecule has 0 aliphatic rings. The van der Waals surface area contributed by atoms with E-state index in [1.807, 2.05) is 6.07 Å². The van der Waals surface area contributed by atoms with Crippen LogP contribution < -0.4 is 10.5 Å². The summed E-state index contributed by atoms with van der Waals surface area (Å²) in [5.74, 6) is -1.10. The van der Waals surface area contributed by atoms with Crippen molar-refractivity contribution in [1.29, 1.82) is 5.26 Å². The Bertz CT molecular complexity index is 847. The first-order valence-electron chi connectivity index (χ1n) is 5.61. The molecule has 21 heavy (non-hydrogen) atoms. The molecule has 0 unspecified atom stereocenters. The van der Waals surface area contributed by atoms with Gasteiger partial charge in [-0.25, -0.2) is 12.8 Å². The van der Waals surface area contributed by atoms with Gasteiger partial charge in [-0.1, -0.05) is 23.7 Å². The normalized spacial score (nSPS) is 10.9. The molecule has 3 N–H and O–H groups in total. The maximum atomic E-state index is 13.9. The molecule has 0 spiro atoms. The van der Waals surface area contributed by atoms with Crippen molar-refractivity contribution in [3.63, 3.8) is 0 Å². The van der Waals surface area contributed by atoms with Crippen LogP contribution in [0.1, 0.15) is 5.56 Å². The van der Waals surface area contributed by atoms with Gasteiger partial charge in [-0.15, -0.1) is 0 Å². The van der Waals surface area contributed by atoms with Gasteiger partial charge in [-0.2, -0.15) is 5.26 Å². The van der Waals surface area contributed by atoms with Gasteiger partial charge in [0.1, 0.15) is 11.0 Å². The topological polar surface area (TPSA) is 96.0 Å². The Kier molecular flexibility index (Phi) is 4.02. The number of nitrogen functional groups attached to an aromatic ring is 1. The first-order chi connectivity index (χ1) is 9.85. The highest BCUT2D eigenvalue weighted by molar-refractivity contribution is 7.92. The highest BCUT2D eigenvalue weighted by Gasteiger charge is 2.22. The lowest BCUT2D eigenvalue weighted by Gasteiger charge is -2.11. The summed E-state index contributed by atoms with van der Waals surface area (Å²) in [5, 5.41) is 8.92. The summed E-state index contributed by atoms with van der Waals surface area (Å²) < 4.78 is 40.5. The van der Waals surface area contributed by atoms with Crippen LogP contribution in [0.2, 0.25) is 5.02 Å². The van der Waals surface area contributed by atoms with Gasteiger partial charge in [-0.05, 0) is 24.3 Å². The van der Waals surface area contributed by atoms with E-state index in [-0.39, 0.29) is 22.0 Å². The van der Waals surface area contributed by atoms with Crippen molar-refractivity contribution in [3.8, 4) is 6.07 Å². The molecule has 0 aliphatic carbocycles. The zero-order chi connectivity index (χ0) is 15.6. The van der Waals surface area contributed by atoms with Gasteiger partial charge in [0, 0.05) is 5.02 Å². The highest BCUT2D eigenvalue weighted by atomic mass is 35.5. The summed E-state index contributed by atoms with van der Waals surface area (Å²) in [5.41, 5.74) is 5.13. The zero-order valence-electron chi connectivity index (χ0n) is 10.5. The Morgan fingerprint density at radius 1 is 1.29 bits per heavy atom. The molecule has 0 atom stereocenters. The largest absolute Gasteiger partial charge is 0.396 e. The number of hydrogen-bond acceptors (Lipinski definition) is 4. The van der Waals surface area contributed by atoms with Crippen molar-refractivity contribution in [3.05, 3.63) is 52.8 Å². The molecular formula is C13H9ClFN3O2S. The van der Waals surface area contributed by atoms with Gasteiger partial charge < -0.3 is 5.73 Å². The minimum absolute atomic E-state index is 0.0113. The van der Waals surface area contributed by atoms with E-state index in [1.165, 1.54) is 12.1 Å². The van der Waals surface area contributed by atoms with Crippen LogP contribution in [0, 0.1) is 17.1 Å². The second kappa shape index (κ2) is 5.60. The standard InChI is InChI=1S/C13H9ClFN3O2S/c14-9-5-10(17)13(15)12(6-9)21(19,20)18-11-4-2-1-3-8(11)7-16/h1-6,18H,17H2. The lowest BCUT2D eigenvalue weighted by Crippen LogP contribution is -2.16. The molecule has 8 heteroatoms. The smallest absolute Gasteiger partial charge is 0.264 e. The molecule has 2 rings (SSSR count). The van der Waals surface area contributed by atoms with Crippen molar-refractivity contribution in [1.82, 2.24) is 0 Å². The molecule has 5 nitrogen and oxygen atoms in total. The van der Waals surface area contributed by atoms with Crippen LogP contribution in [0.15, 0.2) is 41.3 Å². The fraction of sp³-hybridized carbons (Fsp3) is 0. The quantitative estimate of drug-likeness (QED) is 0.848. The van der Waals surface area contributed by atoms with Crippen LogP contribution in [0.4, 0.5) is 15.8 Å². The predicted molar refractivity (Wildman–Crippen MR) is 77.8 cm³/mol. The zero-order valence-corrected chi connectivity index (χ0v) is 12.0. The maximum Gasteiger partial charge on any atom is 0.264 e. The minimum Gasteiger partial charge on any atom is -0.396 e. The van der Waals surface area contributed by atoms with Gasteiger partial charge in [0.25, 0.3) is 10.0 Å². The van der Waals surface area contributed by atoms with Crippen molar-refractivity contribution >= 4 is 33.0 Å². The molecule has 0 fully saturated rings. The lowest BCUT2D eigenvalue weighted by molar-refractivity contribution is 0.573. The summed E-state index contributed by atoms with van der Waals surface area (Å²) in [6, 6.07) is 9.84. The Morgan fingerprint density at radius 2 is 1.95 bits per heavy atom. The lowest BCUT2D eigenvalue weighted by atomic mass is 10.2. The van der Waals surface area contributed by atoms with Gasteiger partial charge >= 0.3 is 0 Å². The molecule has 2 aromatic carbocycles. The van der Waals surface area contributed by atoms with Crippen LogP contribution >= 0.6 is 11.6 Å². The predicted octanol–water partition coefficient (Wildman–Crippen LogP) is 2.73. The van der Waals surface area contributed by atoms with Gasteiger partial charge in [0.15, 0.2) is 5.82 Å². The van der Waals surface area contributed by atoms with Crippen LogP contribution in [0.25, 0.3) is 0 Å². The van der Waals surface area contributed by atoms with E-state index >= 15 is 0 Å². The number of rotatable bonds is 3. The molecule has 0 radical (unpaired) electrons. The van der Waals surface area contributed by atoms with E-state index in [0.29, 0.717) is 0 Å². The summed E-state index contributed by atoms with van der Waals surface area (Å²) in [6.45, 7) is 0. The average molecular weight is 326 g/mol. The van der Waals surface area contributed by atoms with Gasteiger partial charge in [0.2, 0.25) is 0 Å². The molecule has 0 aliphatic heterocycles. The van der Waals surface area contributed by atoms with Gasteiger partial charge in [-0.3, -0.25) is 4.72 Å². The van der Waals surface area contributed by atoms with Crippen LogP contribution in [-0.4, -0.2) is 8.42 Å². The van der Waals surface area contributed by atoms with E-state index in [4.69, 9.17) is 22.6 Å². The number of nitriles is 1. The van der Waals surface area contributed by atoms with E-state index in [9.17, 15) is 12.8 Å². The van der Waals surface area contributed by atoms with Crippen LogP contribution in [0.5, 0.6) is 0 Å². The number of para-hydroxylation sites is 1. The molecule has 108 valence electrons. The van der Waals surface area contributed by atoms with Crippen molar-refractivity contribution in [2.45, 2.75) is 4.90 Å². The first-order valence-corrected chi connectivity index (χ1v) is 7.48. The van der Waals surface area contributed by atoms with E-state index < -0.39 is 20.7 Å². The van der Waals surface area contributed by atoms with Crippen LogP contribution in [-0.2, 0) is 10.0 Å². The fourth-order valence-electron chi connectivity index (χ4n) is 1.65. The molecule has 2 aromatic rings. The molecule has 0 saturated heterocycles. The van der Waals surface area contributed by atoms with Crippen molar-refractivity contribution in [2.75, 3.05) is 10.5 Å². The molecule has 0 heterocycles. The summed E-state index contributed by atoms with van der Waals surface area (Å²) >= 11 is 5.70. The maximum absolute atomic E-state index is 13.9. The van der Waals surface area contributed by atoms with Crippen molar-refractivity contribution in [2.24, 2.45) is 0 Å². The third-order valence-corrected chi connectivity index (χ3v) is 4.20. The summed E-state index contributed by atoms with van der Waals surface area (Å²) in [7, 11) is -4.26. The summed E-state index contributed by atoms with van der Waals surface area (Å²) in [6.07, 6.45) is 0. The number of benzene rings is 2. The highest BCUT2D eigenvalue weighted by Crippen LogP contribution is 2.27. The van der Waals surface area contributed by atoms with E-state index in [0.717, 1.165) is 12.1 Å². The third kappa shape index (κ3) is 3.07. The molecule has 0 amide bonds. The molecule has 0 saturated carbocycles. The third-order valence-electron chi connectivity index (χ3n) is 2.61. The number of anilines is 2. The fourth-order valence-corrected chi connectivity index (χ4v) is 3.15. The van der Waals surface area contributed by atoms with Crippen molar-refractivity contribution < 1.29 is 12.8 Å². The number of nitrogens with two attached hydrogens (primary N) is 1. The Morgan fingerprint density at radius 3 is 2.62 bits per heavy atom. The number of nitrogens with zero attached hydrogens (tertiary/aromatic N) is 1. The Labute approximate surface area is 125 Å².